The van der Waals surface area contributed by atoms with Crippen molar-refractivity contribution in [3.8, 4) is 5.75 Å². The monoisotopic (exact) mass is 374 g/mol. The zero-order chi connectivity index (χ0) is 19.1. The summed E-state index contributed by atoms with van der Waals surface area (Å²) in [6.07, 6.45) is -0.733. The van der Waals surface area contributed by atoms with Gasteiger partial charge in [-0.2, -0.15) is 0 Å². The lowest BCUT2D eigenvalue weighted by atomic mass is 10.1. The van der Waals surface area contributed by atoms with Gasteiger partial charge in [0, 0.05) is 11.6 Å². The number of hydrogen-bond donors (Lipinski definition) is 2. The normalized spacial score (nSPS) is 11.7. The van der Waals surface area contributed by atoms with Gasteiger partial charge in [-0.3, -0.25) is 9.59 Å². The molecule has 0 aliphatic rings. The fourth-order valence-electron chi connectivity index (χ4n) is 2.19. The van der Waals surface area contributed by atoms with E-state index in [0.717, 1.165) is 0 Å². The standard InChI is InChI=1S/C20H23ClN2O3/c1-13(2)12-22-20(25)17-6-4-5-7-18(17)23-19(24)14(3)26-16-10-8-15(21)9-11-16/h4-11,13-14H,12H2,1-3H3,(H,22,25)(H,23,24). The highest BCUT2D eigenvalue weighted by molar-refractivity contribution is 6.30. The van der Waals surface area contributed by atoms with Crippen molar-refractivity contribution in [2.24, 2.45) is 5.92 Å². The first kappa shape index (κ1) is 19.8. The first-order valence-corrected chi connectivity index (χ1v) is 8.85. The molecule has 0 spiro atoms. The fraction of sp³-hybridized carbons (Fsp3) is 0.300. The predicted molar refractivity (Wildman–Crippen MR) is 104 cm³/mol. The van der Waals surface area contributed by atoms with E-state index in [-0.39, 0.29) is 11.8 Å². The van der Waals surface area contributed by atoms with E-state index < -0.39 is 6.10 Å². The summed E-state index contributed by atoms with van der Waals surface area (Å²) in [6, 6.07) is 13.7. The minimum atomic E-state index is -0.733. The first-order valence-electron chi connectivity index (χ1n) is 8.47. The van der Waals surface area contributed by atoms with Crippen molar-refractivity contribution in [1.82, 2.24) is 5.32 Å². The Morgan fingerprint density at radius 2 is 1.69 bits per heavy atom. The van der Waals surface area contributed by atoms with Gasteiger partial charge in [0.1, 0.15) is 5.75 Å². The zero-order valence-electron chi connectivity index (χ0n) is 15.1. The number of carbonyl (C=O) groups excluding carboxylic acids is 2. The van der Waals surface area contributed by atoms with Crippen molar-refractivity contribution in [2.75, 3.05) is 11.9 Å². The number of carbonyl (C=O) groups is 2. The van der Waals surface area contributed by atoms with Crippen LogP contribution in [0.4, 0.5) is 5.69 Å². The largest absolute Gasteiger partial charge is 0.481 e. The van der Waals surface area contributed by atoms with Crippen LogP contribution in [0, 0.1) is 5.92 Å². The lowest BCUT2D eigenvalue weighted by Crippen LogP contribution is -2.32. The van der Waals surface area contributed by atoms with Crippen molar-refractivity contribution in [3.63, 3.8) is 0 Å². The molecular weight excluding hydrogens is 352 g/mol. The number of ether oxygens (including phenoxy) is 1. The summed E-state index contributed by atoms with van der Waals surface area (Å²) in [6.45, 7) is 6.25. The minimum absolute atomic E-state index is 0.221. The number of amides is 2. The van der Waals surface area contributed by atoms with E-state index in [2.05, 4.69) is 10.6 Å². The van der Waals surface area contributed by atoms with Crippen LogP contribution in [0.25, 0.3) is 0 Å². The van der Waals surface area contributed by atoms with Crippen LogP contribution >= 0.6 is 11.6 Å². The highest BCUT2D eigenvalue weighted by Crippen LogP contribution is 2.19. The summed E-state index contributed by atoms with van der Waals surface area (Å²) >= 11 is 5.84. The number of anilines is 1. The summed E-state index contributed by atoms with van der Waals surface area (Å²) < 4.78 is 5.61. The number of benzene rings is 2. The van der Waals surface area contributed by atoms with Gasteiger partial charge in [-0.15, -0.1) is 0 Å². The van der Waals surface area contributed by atoms with Gasteiger partial charge in [0.05, 0.1) is 11.3 Å². The second-order valence-electron chi connectivity index (χ2n) is 6.35. The van der Waals surface area contributed by atoms with Gasteiger partial charge < -0.3 is 15.4 Å². The topological polar surface area (TPSA) is 67.4 Å². The Morgan fingerprint density at radius 1 is 1.04 bits per heavy atom. The van der Waals surface area contributed by atoms with Crippen LogP contribution in [0.3, 0.4) is 0 Å². The molecule has 26 heavy (non-hydrogen) atoms. The van der Waals surface area contributed by atoms with Gasteiger partial charge in [0.25, 0.3) is 11.8 Å². The number of rotatable bonds is 7. The van der Waals surface area contributed by atoms with Gasteiger partial charge in [-0.05, 0) is 49.2 Å². The lowest BCUT2D eigenvalue weighted by Gasteiger charge is -2.17. The van der Waals surface area contributed by atoms with Crippen LogP contribution in [0.1, 0.15) is 31.1 Å². The van der Waals surface area contributed by atoms with Gasteiger partial charge in [0.15, 0.2) is 6.10 Å². The molecular formula is C20H23ClN2O3. The van der Waals surface area contributed by atoms with Crippen molar-refractivity contribution in [1.29, 1.82) is 0 Å². The van der Waals surface area contributed by atoms with Crippen LogP contribution < -0.4 is 15.4 Å². The average Bonchev–Trinajstić information content (AvgIpc) is 2.62. The summed E-state index contributed by atoms with van der Waals surface area (Å²) in [5.41, 5.74) is 0.866. The zero-order valence-corrected chi connectivity index (χ0v) is 15.8. The molecule has 0 radical (unpaired) electrons. The van der Waals surface area contributed by atoms with Crippen LogP contribution in [-0.2, 0) is 4.79 Å². The van der Waals surface area contributed by atoms with Crippen LogP contribution in [0.5, 0.6) is 5.75 Å². The highest BCUT2D eigenvalue weighted by atomic mass is 35.5. The van der Waals surface area contributed by atoms with Crippen molar-refractivity contribution >= 4 is 29.1 Å². The highest BCUT2D eigenvalue weighted by Gasteiger charge is 2.18. The maximum atomic E-state index is 12.4. The van der Waals surface area contributed by atoms with Crippen molar-refractivity contribution in [3.05, 3.63) is 59.1 Å². The number of para-hydroxylation sites is 1. The van der Waals surface area contributed by atoms with E-state index in [1.807, 2.05) is 13.8 Å². The second-order valence-corrected chi connectivity index (χ2v) is 6.79. The second kappa shape index (κ2) is 9.25. The molecule has 0 aromatic heterocycles. The molecule has 138 valence electrons. The number of nitrogens with one attached hydrogen (secondary N) is 2. The Hall–Kier alpha value is -2.53. The minimum Gasteiger partial charge on any atom is -0.481 e. The summed E-state index contributed by atoms with van der Waals surface area (Å²) in [4.78, 5) is 24.8. The third-order valence-electron chi connectivity index (χ3n) is 3.60. The van der Waals surface area contributed by atoms with Gasteiger partial charge in [-0.25, -0.2) is 0 Å². The lowest BCUT2D eigenvalue weighted by molar-refractivity contribution is -0.122. The molecule has 2 amide bonds. The Bertz CT molecular complexity index is 760. The van der Waals surface area contributed by atoms with Crippen LogP contribution in [0.2, 0.25) is 5.02 Å². The summed E-state index contributed by atoms with van der Waals surface area (Å²) in [5.74, 6) is 0.318. The molecule has 2 N–H and O–H groups in total. The average molecular weight is 375 g/mol. The van der Waals surface area contributed by atoms with Gasteiger partial charge in [0.2, 0.25) is 0 Å². The molecule has 2 rings (SSSR count). The van der Waals surface area contributed by atoms with E-state index in [1.54, 1.807) is 55.5 Å². The molecule has 2 aromatic rings. The predicted octanol–water partition coefficient (Wildman–Crippen LogP) is 4.13. The van der Waals surface area contributed by atoms with Crippen molar-refractivity contribution < 1.29 is 14.3 Å². The SMILES string of the molecule is CC(C)CNC(=O)c1ccccc1NC(=O)C(C)Oc1ccc(Cl)cc1. The number of halogens is 1. The van der Waals surface area contributed by atoms with Gasteiger partial charge in [-0.1, -0.05) is 37.6 Å². The third-order valence-corrected chi connectivity index (χ3v) is 3.85. The quantitative estimate of drug-likeness (QED) is 0.765. The molecule has 0 bridgehead atoms. The molecule has 0 saturated heterocycles. The smallest absolute Gasteiger partial charge is 0.265 e. The first-order chi connectivity index (χ1) is 12.4. The maximum absolute atomic E-state index is 12.4. The number of hydrogen-bond acceptors (Lipinski definition) is 3. The Labute approximate surface area is 158 Å². The fourth-order valence-corrected chi connectivity index (χ4v) is 2.31. The van der Waals surface area contributed by atoms with Crippen LogP contribution in [-0.4, -0.2) is 24.5 Å². The summed E-state index contributed by atoms with van der Waals surface area (Å²) in [5, 5.41) is 6.21. The molecule has 1 unspecified atom stereocenters. The maximum Gasteiger partial charge on any atom is 0.265 e. The van der Waals surface area contributed by atoms with E-state index in [1.165, 1.54) is 0 Å². The molecule has 0 aliphatic carbocycles. The Balaban J connectivity index is 2.04. The Kier molecular flexibility index (Phi) is 7.04. The van der Waals surface area contributed by atoms with Gasteiger partial charge >= 0.3 is 0 Å². The van der Waals surface area contributed by atoms with E-state index >= 15 is 0 Å². The molecule has 2 aromatic carbocycles. The van der Waals surface area contributed by atoms with Crippen LogP contribution in [0.15, 0.2) is 48.5 Å². The van der Waals surface area contributed by atoms with Crippen molar-refractivity contribution in [2.45, 2.75) is 26.9 Å². The summed E-state index contributed by atoms with van der Waals surface area (Å²) in [7, 11) is 0. The molecule has 6 heteroatoms. The van der Waals surface area contributed by atoms with E-state index in [4.69, 9.17) is 16.3 Å². The Morgan fingerprint density at radius 3 is 2.35 bits per heavy atom. The van der Waals surface area contributed by atoms with E-state index in [0.29, 0.717) is 34.5 Å². The van der Waals surface area contributed by atoms with E-state index in [9.17, 15) is 9.59 Å². The molecule has 5 nitrogen and oxygen atoms in total. The molecule has 0 saturated carbocycles. The molecule has 0 aliphatic heterocycles. The molecule has 0 heterocycles. The molecule has 1 atom stereocenters. The third kappa shape index (κ3) is 5.77. The molecule has 0 fully saturated rings.